The van der Waals surface area contributed by atoms with Crippen molar-refractivity contribution in [2.24, 2.45) is 5.92 Å². The Kier molecular flexibility index (Phi) is 4.30. The highest BCUT2D eigenvalue weighted by atomic mass is 32.2. The summed E-state index contributed by atoms with van der Waals surface area (Å²) in [5.41, 5.74) is 0.937. The first kappa shape index (κ1) is 15.5. The van der Waals surface area contributed by atoms with Crippen molar-refractivity contribution in [3.05, 3.63) is 29.3 Å². The van der Waals surface area contributed by atoms with Gasteiger partial charge in [-0.2, -0.15) is 9.57 Å². The van der Waals surface area contributed by atoms with Crippen LogP contribution in [0.25, 0.3) is 0 Å². The maximum atomic E-state index is 12.6. The zero-order valence-electron chi connectivity index (χ0n) is 11.6. The molecule has 1 fully saturated rings. The van der Waals surface area contributed by atoms with E-state index < -0.39 is 16.0 Å². The highest BCUT2D eigenvalue weighted by Gasteiger charge is 2.34. The summed E-state index contributed by atoms with van der Waals surface area (Å²) < 4.78 is 26.5. The van der Waals surface area contributed by atoms with Gasteiger partial charge in [0.2, 0.25) is 10.0 Å². The largest absolute Gasteiger partial charge is 0.481 e. The van der Waals surface area contributed by atoms with Gasteiger partial charge in [0.25, 0.3) is 0 Å². The number of benzene rings is 1. The zero-order chi connectivity index (χ0) is 15.6. The number of aryl methyl sites for hydroxylation is 1. The van der Waals surface area contributed by atoms with Crippen molar-refractivity contribution in [1.82, 2.24) is 4.31 Å². The third kappa shape index (κ3) is 3.23. The fraction of sp³-hybridized carbons (Fsp3) is 0.429. The molecule has 0 saturated carbocycles. The molecule has 1 aliphatic heterocycles. The molecule has 1 aromatic rings. The average Bonchev–Trinajstić information content (AvgIpc) is 2.86. The normalized spacial score (nSPS) is 19.3. The second kappa shape index (κ2) is 5.84. The van der Waals surface area contributed by atoms with Crippen LogP contribution in [0, 0.1) is 24.2 Å². The van der Waals surface area contributed by atoms with Crippen LogP contribution in [-0.2, 0) is 14.8 Å². The van der Waals surface area contributed by atoms with Gasteiger partial charge >= 0.3 is 5.97 Å². The number of nitriles is 1. The van der Waals surface area contributed by atoms with Crippen molar-refractivity contribution in [3.8, 4) is 6.07 Å². The molecule has 1 atom stereocenters. The first-order chi connectivity index (χ1) is 9.84. The minimum atomic E-state index is -3.63. The molecule has 0 spiro atoms. The summed E-state index contributed by atoms with van der Waals surface area (Å²) in [7, 11) is -3.63. The Balaban J connectivity index is 2.24. The van der Waals surface area contributed by atoms with E-state index in [1.165, 1.54) is 22.5 Å². The van der Waals surface area contributed by atoms with Gasteiger partial charge in [-0.15, -0.1) is 0 Å². The van der Waals surface area contributed by atoms with E-state index in [0.717, 1.165) is 0 Å². The molecular weight excluding hydrogens is 292 g/mol. The standard InChI is InChI=1S/C14H16N2O4S/c1-10-6-11(8-15)2-3-13(10)21(19,20)16-5-4-12(9-16)7-14(17)18/h2-3,6,12H,4-5,7,9H2,1H3,(H,17,18). The van der Waals surface area contributed by atoms with E-state index in [9.17, 15) is 13.2 Å². The van der Waals surface area contributed by atoms with Crippen LogP contribution in [0.1, 0.15) is 24.0 Å². The van der Waals surface area contributed by atoms with Crippen LogP contribution in [0.4, 0.5) is 0 Å². The van der Waals surface area contributed by atoms with E-state index >= 15 is 0 Å². The van der Waals surface area contributed by atoms with Crippen LogP contribution >= 0.6 is 0 Å². The lowest BCUT2D eigenvalue weighted by Crippen LogP contribution is -2.29. The summed E-state index contributed by atoms with van der Waals surface area (Å²) in [6, 6.07) is 6.43. The summed E-state index contributed by atoms with van der Waals surface area (Å²) >= 11 is 0. The quantitative estimate of drug-likeness (QED) is 0.905. The molecular formula is C14H16N2O4S. The molecule has 1 N–H and O–H groups in total. The van der Waals surface area contributed by atoms with Gasteiger partial charge in [0.15, 0.2) is 0 Å². The number of carbonyl (C=O) groups is 1. The smallest absolute Gasteiger partial charge is 0.303 e. The molecule has 0 aliphatic carbocycles. The summed E-state index contributed by atoms with van der Waals surface area (Å²) in [4.78, 5) is 10.9. The van der Waals surface area contributed by atoms with Gasteiger partial charge in [0.05, 0.1) is 16.5 Å². The Bertz CT molecular complexity index is 706. The number of aliphatic carboxylic acids is 1. The molecule has 1 saturated heterocycles. The first-order valence-corrected chi connectivity index (χ1v) is 8.01. The molecule has 0 radical (unpaired) electrons. The summed E-state index contributed by atoms with van der Waals surface area (Å²) in [5.74, 6) is -1.05. The Morgan fingerprint density at radius 2 is 2.24 bits per heavy atom. The zero-order valence-corrected chi connectivity index (χ0v) is 12.4. The van der Waals surface area contributed by atoms with Crippen molar-refractivity contribution in [2.45, 2.75) is 24.7 Å². The third-order valence-electron chi connectivity index (χ3n) is 3.63. The summed E-state index contributed by atoms with van der Waals surface area (Å²) in [6.45, 7) is 2.21. The average molecular weight is 308 g/mol. The maximum Gasteiger partial charge on any atom is 0.303 e. The number of hydrogen-bond donors (Lipinski definition) is 1. The van der Waals surface area contributed by atoms with Crippen LogP contribution < -0.4 is 0 Å². The monoisotopic (exact) mass is 308 g/mol. The number of carboxylic acids is 1. The minimum absolute atomic E-state index is 0.0155. The molecule has 2 rings (SSSR count). The van der Waals surface area contributed by atoms with E-state index in [0.29, 0.717) is 24.1 Å². The van der Waals surface area contributed by atoms with Crippen molar-refractivity contribution in [2.75, 3.05) is 13.1 Å². The van der Waals surface area contributed by atoms with Gasteiger partial charge in [-0.25, -0.2) is 8.42 Å². The Hall–Kier alpha value is -1.91. The maximum absolute atomic E-state index is 12.6. The second-order valence-corrected chi connectivity index (χ2v) is 7.11. The number of sulfonamides is 1. The van der Waals surface area contributed by atoms with E-state index in [1.54, 1.807) is 6.92 Å². The van der Waals surface area contributed by atoms with Gasteiger partial charge in [0, 0.05) is 19.5 Å². The topological polar surface area (TPSA) is 98.5 Å². The van der Waals surface area contributed by atoms with Crippen molar-refractivity contribution in [3.63, 3.8) is 0 Å². The lowest BCUT2D eigenvalue weighted by Gasteiger charge is -2.18. The predicted octanol–water partition coefficient (Wildman–Crippen LogP) is 1.35. The Labute approximate surface area is 123 Å². The first-order valence-electron chi connectivity index (χ1n) is 6.57. The van der Waals surface area contributed by atoms with Crippen molar-refractivity contribution < 1.29 is 18.3 Å². The highest BCUT2D eigenvalue weighted by molar-refractivity contribution is 7.89. The highest BCUT2D eigenvalue weighted by Crippen LogP contribution is 2.28. The second-order valence-electron chi connectivity index (χ2n) is 5.21. The SMILES string of the molecule is Cc1cc(C#N)ccc1S(=O)(=O)N1CCC(CC(=O)O)C1. The number of carboxylic acid groups (broad SMARTS) is 1. The molecule has 1 aromatic carbocycles. The molecule has 21 heavy (non-hydrogen) atoms. The summed E-state index contributed by atoms with van der Waals surface area (Å²) in [6.07, 6.45) is 0.541. The molecule has 7 heteroatoms. The molecule has 112 valence electrons. The number of hydrogen-bond acceptors (Lipinski definition) is 4. The molecule has 1 unspecified atom stereocenters. The van der Waals surface area contributed by atoms with Gasteiger partial charge in [0.1, 0.15) is 0 Å². The van der Waals surface area contributed by atoms with E-state index in [-0.39, 0.29) is 23.8 Å². The van der Waals surface area contributed by atoms with Crippen LogP contribution in [0.2, 0.25) is 0 Å². The van der Waals surface area contributed by atoms with Crippen molar-refractivity contribution >= 4 is 16.0 Å². The molecule has 0 amide bonds. The number of nitrogens with zero attached hydrogens (tertiary/aromatic N) is 2. The van der Waals surface area contributed by atoms with Crippen molar-refractivity contribution in [1.29, 1.82) is 5.26 Å². The number of rotatable bonds is 4. The van der Waals surface area contributed by atoms with Crippen LogP contribution in [0.15, 0.2) is 23.1 Å². The predicted molar refractivity (Wildman–Crippen MR) is 75.0 cm³/mol. The molecule has 0 bridgehead atoms. The van der Waals surface area contributed by atoms with Gasteiger partial charge in [-0.1, -0.05) is 0 Å². The molecule has 1 aliphatic rings. The third-order valence-corrected chi connectivity index (χ3v) is 5.66. The summed E-state index contributed by atoms with van der Waals surface area (Å²) in [5, 5.41) is 17.6. The van der Waals surface area contributed by atoms with E-state index in [4.69, 9.17) is 10.4 Å². The van der Waals surface area contributed by atoms with Crippen LogP contribution in [0.3, 0.4) is 0 Å². The minimum Gasteiger partial charge on any atom is -0.481 e. The molecule has 6 nitrogen and oxygen atoms in total. The lowest BCUT2D eigenvalue weighted by molar-refractivity contribution is -0.137. The van der Waals surface area contributed by atoms with Crippen LogP contribution in [-0.4, -0.2) is 36.9 Å². The van der Waals surface area contributed by atoms with Crippen LogP contribution in [0.5, 0.6) is 0 Å². The van der Waals surface area contributed by atoms with E-state index in [2.05, 4.69) is 0 Å². The van der Waals surface area contributed by atoms with Gasteiger partial charge < -0.3 is 5.11 Å². The fourth-order valence-corrected chi connectivity index (χ4v) is 4.31. The van der Waals surface area contributed by atoms with Gasteiger partial charge in [-0.3, -0.25) is 4.79 Å². The Morgan fingerprint density at radius 3 is 2.81 bits per heavy atom. The molecule has 0 aromatic heterocycles. The van der Waals surface area contributed by atoms with E-state index in [1.807, 2.05) is 6.07 Å². The lowest BCUT2D eigenvalue weighted by atomic mass is 10.1. The fourth-order valence-electron chi connectivity index (χ4n) is 2.58. The van der Waals surface area contributed by atoms with Gasteiger partial charge in [-0.05, 0) is 43.0 Å². The molecule has 1 heterocycles. The Morgan fingerprint density at radius 1 is 1.52 bits per heavy atom.